The van der Waals surface area contributed by atoms with Crippen molar-refractivity contribution in [3.05, 3.63) is 0 Å². The van der Waals surface area contributed by atoms with E-state index in [9.17, 15) is 0 Å². The fraction of sp³-hybridized carbons (Fsp3) is 1.00. The lowest BCUT2D eigenvalue weighted by molar-refractivity contribution is 0.219. The molecule has 13 heavy (non-hydrogen) atoms. The van der Waals surface area contributed by atoms with Gasteiger partial charge >= 0.3 is 0 Å². The fourth-order valence-corrected chi connectivity index (χ4v) is 3.40. The van der Waals surface area contributed by atoms with Crippen LogP contribution >= 0.6 is 9.24 Å². The Hall–Kier alpha value is 0.430. The van der Waals surface area contributed by atoms with E-state index in [1.807, 2.05) is 0 Å². The molecule has 80 valence electrons. The first-order chi connectivity index (χ1) is 6.16. The molecule has 0 heterocycles. The molecule has 0 aliphatic heterocycles. The van der Waals surface area contributed by atoms with E-state index < -0.39 is 0 Å². The Labute approximate surface area is 87.1 Å². The van der Waals surface area contributed by atoms with Gasteiger partial charge in [-0.15, -0.1) is 9.24 Å². The quantitative estimate of drug-likeness (QED) is 0.528. The number of rotatable bonds is 7. The number of hydrogen-bond acceptors (Lipinski definition) is 0. The van der Waals surface area contributed by atoms with E-state index in [1.165, 1.54) is 38.5 Å². The summed E-state index contributed by atoms with van der Waals surface area (Å²) in [5.74, 6) is 0. The van der Waals surface area contributed by atoms with Gasteiger partial charge in [-0.2, -0.15) is 0 Å². The van der Waals surface area contributed by atoms with Gasteiger partial charge in [0.15, 0.2) is 0 Å². The Morgan fingerprint density at radius 1 is 1.00 bits per heavy atom. The molecule has 2 unspecified atom stereocenters. The molecule has 0 spiro atoms. The SMILES string of the molecule is CCCC(P)C(CC)(CC)CCC. The highest BCUT2D eigenvalue weighted by Crippen LogP contribution is 2.41. The van der Waals surface area contributed by atoms with Gasteiger partial charge in [0.2, 0.25) is 0 Å². The second kappa shape index (κ2) is 6.82. The van der Waals surface area contributed by atoms with Crippen molar-refractivity contribution in [2.45, 2.75) is 71.9 Å². The van der Waals surface area contributed by atoms with Gasteiger partial charge in [-0.05, 0) is 36.8 Å². The molecule has 0 aliphatic carbocycles. The summed E-state index contributed by atoms with van der Waals surface area (Å²) < 4.78 is 0. The minimum absolute atomic E-state index is 0.607. The van der Waals surface area contributed by atoms with E-state index in [1.54, 1.807) is 0 Å². The molecule has 1 heteroatoms. The lowest BCUT2D eigenvalue weighted by atomic mass is 9.74. The van der Waals surface area contributed by atoms with Gasteiger partial charge in [0, 0.05) is 0 Å². The summed E-state index contributed by atoms with van der Waals surface area (Å²) in [6.45, 7) is 9.31. The van der Waals surface area contributed by atoms with Gasteiger partial charge in [0.05, 0.1) is 0 Å². The molecule has 0 saturated carbocycles. The van der Waals surface area contributed by atoms with Crippen LogP contribution in [0.2, 0.25) is 0 Å². The molecule has 0 aromatic carbocycles. The zero-order valence-electron chi connectivity index (χ0n) is 9.90. The molecule has 0 saturated heterocycles. The van der Waals surface area contributed by atoms with Crippen molar-refractivity contribution in [2.75, 3.05) is 0 Å². The molecular formula is C12H27P. The maximum absolute atomic E-state index is 3.09. The number of hydrogen-bond donors (Lipinski definition) is 0. The largest absolute Gasteiger partial charge is 0.134 e. The van der Waals surface area contributed by atoms with Gasteiger partial charge in [-0.3, -0.25) is 0 Å². The lowest BCUT2D eigenvalue weighted by Crippen LogP contribution is -2.29. The molecule has 0 aromatic rings. The van der Waals surface area contributed by atoms with Crippen LogP contribution in [0.5, 0.6) is 0 Å². The van der Waals surface area contributed by atoms with E-state index >= 15 is 0 Å². The first-order valence-corrected chi connectivity index (χ1v) is 6.59. The van der Waals surface area contributed by atoms with Crippen molar-refractivity contribution >= 4 is 9.24 Å². The Morgan fingerprint density at radius 2 is 1.54 bits per heavy atom. The first-order valence-electron chi connectivity index (χ1n) is 5.92. The van der Waals surface area contributed by atoms with E-state index in [4.69, 9.17) is 0 Å². The van der Waals surface area contributed by atoms with Gasteiger partial charge in [-0.1, -0.05) is 40.5 Å². The molecule has 0 fully saturated rings. The summed E-state index contributed by atoms with van der Waals surface area (Å²) in [5.41, 5.74) is 1.43. The summed E-state index contributed by atoms with van der Waals surface area (Å²) in [5, 5.41) is 0. The predicted molar refractivity (Wildman–Crippen MR) is 66.3 cm³/mol. The van der Waals surface area contributed by atoms with E-state index in [-0.39, 0.29) is 0 Å². The normalized spacial score (nSPS) is 14.5. The summed E-state index contributed by atoms with van der Waals surface area (Å²) in [4.78, 5) is 0. The van der Waals surface area contributed by atoms with Crippen molar-refractivity contribution in [1.82, 2.24) is 0 Å². The maximum Gasteiger partial charge on any atom is -0.0208 e. The zero-order chi connectivity index (χ0) is 10.3. The van der Waals surface area contributed by atoms with Crippen LogP contribution in [-0.2, 0) is 0 Å². The topological polar surface area (TPSA) is 0 Å². The van der Waals surface area contributed by atoms with Crippen LogP contribution in [0.3, 0.4) is 0 Å². The smallest absolute Gasteiger partial charge is 0.0208 e. The summed E-state index contributed by atoms with van der Waals surface area (Å²) in [6, 6.07) is 0. The van der Waals surface area contributed by atoms with Crippen molar-refractivity contribution in [1.29, 1.82) is 0 Å². The average Bonchev–Trinajstić information content (AvgIpc) is 2.14. The highest BCUT2D eigenvalue weighted by molar-refractivity contribution is 7.17. The Morgan fingerprint density at radius 3 is 1.85 bits per heavy atom. The lowest BCUT2D eigenvalue weighted by Gasteiger charge is -2.37. The third-order valence-corrected chi connectivity index (χ3v) is 4.58. The molecule has 0 radical (unpaired) electrons. The van der Waals surface area contributed by atoms with Crippen molar-refractivity contribution in [3.8, 4) is 0 Å². The second-order valence-corrected chi connectivity index (χ2v) is 5.02. The van der Waals surface area contributed by atoms with Crippen molar-refractivity contribution in [2.24, 2.45) is 5.41 Å². The average molecular weight is 202 g/mol. The summed E-state index contributed by atoms with van der Waals surface area (Å²) >= 11 is 0. The van der Waals surface area contributed by atoms with E-state index in [0.717, 1.165) is 5.66 Å². The van der Waals surface area contributed by atoms with Crippen LogP contribution in [-0.4, -0.2) is 5.66 Å². The highest BCUT2D eigenvalue weighted by Gasteiger charge is 2.30. The molecule has 0 aliphatic rings. The Bertz CT molecular complexity index is 116. The molecule has 0 bridgehead atoms. The molecule has 0 N–H and O–H groups in total. The van der Waals surface area contributed by atoms with Crippen molar-refractivity contribution < 1.29 is 0 Å². The minimum atomic E-state index is 0.607. The fourth-order valence-electron chi connectivity index (χ4n) is 2.43. The second-order valence-electron chi connectivity index (χ2n) is 4.21. The van der Waals surface area contributed by atoms with Gasteiger partial charge < -0.3 is 0 Å². The van der Waals surface area contributed by atoms with Gasteiger partial charge in [0.25, 0.3) is 0 Å². The Balaban J connectivity index is 4.33. The van der Waals surface area contributed by atoms with Crippen molar-refractivity contribution in [3.63, 3.8) is 0 Å². The molecule has 0 rings (SSSR count). The minimum Gasteiger partial charge on any atom is -0.134 e. The van der Waals surface area contributed by atoms with Crippen LogP contribution in [0.1, 0.15) is 66.2 Å². The van der Waals surface area contributed by atoms with Crippen LogP contribution in [0, 0.1) is 5.41 Å². The van der Waals surface area contributed by atoms with Gasteiger partial charge in [0.1, 0.15) is 0 Å². The zero-order valence-corrected chi connectivity index (χ0v) is 11.1. The van der Waals surface area contributed by atoms with E-state index in [2.05, 4.69) is 36.9 Å². The monoisotopic (exact) mass is 202 g/mol. The van der Waals surface area contributed by atoms with Crippen LogP contribution in [0.4, 0.5) is 0 Å². The van der Waals surface area contributed by atoms with Crippen LogP contribution in [0.15, 0.2) is 0 Å². The third-order valence-electron chi connectivity index (χ3n) is 3.54. The summed E-state index contributed by atoms with van der Waals surface area (Å²) in [7, 11) is 3.09. The first kappa shape index (κ1) is 13.4. The maximum atomic E-state index is 3.09. The third kappa shape index (κ3) is 3.58. The van der Waals surface area contributed by atoms with Crippen LogP contribution in [0.25, 0.3) is 0 Å². The Kier molecular flexibility index (Phi) is 7.05. The van der Waals surface area contributed by atoms with E-state index in [0.29, 0.717) is 5.41 Å². The molecule has 0 nitrogen and oxygen atoms in total. The molecule has 2 atom stereocenters. The van der Waals surface area contributed by atoms with Gasteiger partial charge in [-0.25, -0.2) is 0 Å². The highest BCUT2D eigenvalue weighted by atomic mass is 31.0. The van der Waals surface area contributed by atoms with Crippen LogP contribution < -0.4 is 0 Å². The molecule has 0 aromatic heterocycles. The predicted octanol–water partition coefficient (Wildman–Crippen LogP) is 4.64. The standard InChI is InChI=1S/C12H27P/c1-5-9-11(13)12(7-3,8-4)10-6-2/h11H,5-10,13H2,1-4H3. The molecular weight excluding hydrogens is 175 g/mol. The summed E-state index contributed by atoms with van der Waals surface area (Å²) in [6.07, 6.45) is 8.09. The molecule has 0 amide bonds.